The second-order valence-corrected chi connectivity index (χ2v) is 6.46. The van der Waals surface area contributed by atoms with Gasteiger partial charge in [-0.2, -0.15) is 0 Å². The van der Waals surface area contributed by atoms with Gasteiger partial charge in [0.2, 0.25) is 5.91 Å². The minimum Gasteiger partial charge on any atom is -0.372 e. The number of rotatable bonds is 7. The Morgan fingerprint density at radius 2 is 1.77 bits per heavy atom. The van der Waals surface area contributed by atoms with E-state index in [1.807, 2.05) is 12.1 Å². The van der Waals surface area contributed by atoms with E-state index in [1.165, 1.54) is 0 Å². The topological polar surface area (TPSA) is 98.8 Å². The van der Waals surface area contributed by atoms with Crippen LogP contribution in [-0.4, -0.2) is 59.8 Å². The molecule has 0 bridgehead atoms. The van der Waals surface area contributed by atoms with Gasteiger partial charge in [0, 0.05) is 37.6 Å². The molecule has 0 aromatic heterocycles. The van der Waals surface area contributed by atoms with Crippen LogP contribution in [0.2, 0.25) is 0 Å². The van der Waals surface area contributed by atoms with Gasteiger partial charge in [0.25, 0.3) is 5.24 Å². The molecule has 1 aliphatic heterocycles. The van der Waals surface area contributed by atoms with Crippen molar-refractivity contribution in [1.82, 2.24) is 10.2 Å². The predicted octanol–water partition coefficient (Wildman–Crippen LogP) is 1.28. The van der Waals surface area contributed by atoms with Crippen LogP contribution >= 0.6 is 11.8 Å². The minimum atomic E-state index is -0.815. The van der Waals surface area contributed by atoms with E-state index in [-0.39, 0.29) is 30.0 Å². The molecule has 0 atom stereocenters. The highest BCUT2D eigenvalue weighted by molar-refractivity contribution is 8.14. The summed E-state index contributed by atoms with van der Waals surface area (Å²) < 4.78 is 0. The lowest BCUT2D eigenvalue weighted by Crippen LogP contribution is -2.41. The lowest BCUT2D eigenvalue weighted by atomic mass is 10.2. The SMILES string of the molecule is CCN(CC)c1ccc(NC(=O)C(=O)NCCN2C(=O)CSC2=O)cc1. The molecule has 0 radical (unpaired) electrons. The molecule has 2 N–H and O–H groups in total. The van der Waals surface area contributed by atoms with Gasteiger partial charge in [-0.15, -0.1) is 0 Å². The van der Waals surface area contributed by atoms with E-state index >= 15 is 0 Å². The van der Waals surface area contributed by atoms with E-state index in [9.17, 15) is 19.2 Å². The summed E-state index contributed by atoms with van der Waals surface area (Å²) in [6, 6.07) is 7.22. The van der Waals surface area contributed by atoms with Crippen LogP contribution < -0.4 is 15.5 Å². The molecular formula is C17H22N4O4S. The quantitative estimate of drug-likeness (QED) is 0.694. The zero-order valence-electron chi connectivity index (χ0n) is 14.8. The average molecular weight is 378 g/mol. The molecule has 26 heavy (non-hydrogen) atoms. The highest BCUT2D eigenvalue weighted by Crippen LogP contribution is 2.18. The van der Waals surface area contributed by atoms with E-state index in [4.69, 9.17) is 0 Å². The second kappa shape index (κ2) is 9.23. The highest BCUT2D eigenvalue weighted by atomic mass is 32.2. The number of hydrogen-bond donors (Lipinski definition) is 2. The van der Waals surface area contributed by atoms with Crippen LogP contribution in [0.15, 0.2) is 24.3 Å². The van der Waals surface area contributed by atoms with Crippen molar-refractivity contribution >= 4 is 46.1 Å². The number of hydrogen-bond acceptors (Lipinski definition) is 6. The first-order valence-electron chi connectivity index (χ1n) is 8.37. The number of carbonyl (C=O) groups excluding carboxylic acids is 4. The van der Waals surface area contributed by atoms with Crippen LogP contribution in [-0.2, 0) is 14.4 Å². The van der Waals surface area contributed by atoms with Crippen LogP contribution in [0, 0.1) is 0 Å². The smallest absolute Gasteiger partial charge is 0.313 e. The molecule has 0 unspecified atom stereocenters. The number of carbonyl (C=O) groups is 4. The van der Waals surface area contributed by atoms with Gasteiger partial charge in [-0.25, -0.2) is 0 Å². The zero-order chi connectivity index (χ0) is 19.1. The molecule has 9 heteroatoms. The van der Waals surface area contributed by atoms with Gasteiger partial charge in [0.05, 0.1) is 5.75 Å². The van der Waals surface area contributed by atoms with Gasteiger partial charge in [0.1, 0.15) is 0 Å². The van der Waals surface area contributed by atoms with Gasteiger partial charge in [-0.05, 0) is 38.1 Å². The number of benzene rings is 1. The van der Waals surface area contributed by atoms with Crippen LogP contribution in [0.1, 0.15) is 13.8 Å². The van der Waals surface area contributed by atoms with E-state index in [2.05, 4.69) is 29.4 Å². The molecule has 8 nitrogen and oxygen atoms in total. The molecule has 1 saturated heterocycles. The third-order valence-electron chi connectivity index (χ3n) is 3.92. The van der Waals surface area contributed by atoms with Crippen molar-refractivity contribution < 1.29 is 19.2 Å². The molecule has 1 aliphatic rings. The molecular weight excluding hydrogens is 356 g/mol. The zero-order valence-corrected chi connectivity index (χ0v) is 15.6. The van der Waals surface area contributed by atoms with Crippen LogP contribution in [0.5, 0.6) is 0 Å². The van der Waals surface area contributed by atoms with E-state index in [0.29, 0.717) is 5.69 Å². The van der Waals surface area contributed by atoms with Crippen molar-refractivity contribution in [2.75, 3.05) is 42.1 Å². The van der Waals surface area contributed by atoms with E-state index in [0.717, 1.165) is 35.4 Å². The fourth-order valence-corrected chi connectivity index (χ4v) is 3.24. The van der Waals surface area contributed by atoms with Crippen molar-refractivity contribution in [3.8, 4) is 0 Å². The number of thioether (sulfide) groups is 1. The minimum absolute atomic E-state index is 0.0329. The summed E-state index contributed by atoms with van der Waals surface area (Å²) in [4.78, 5) is 49.8. The van der Waals surface area contributed by atoms with Crippen molar-refractivity contribution in [2.45, 2.75) is 13.8 Å². The lowest BCUT2D eigenvalue weighted by molar-refractivity contribution is -0.136. The molecule has 0 aliphatic carbocycles. The van der Waals surface area contributed by atoms with E-state index < -0.39 is 11.8 Å². The van der Waals surface area contributed by atoms with Crippen LogP contribution in [0.25, 0.3) is 0 Å². The first kappa shape index (κ1) is 19.8. The molecule has 0 spiro atoms. The number of nitrogens with one attached hydrogen (secondary N) is 2. The standard InChI is InChI=1S/C17H22N4O4S/c1-3-20(4-2)13-7-5-12(6-8-13)19-16(24)15(23)18-9-10-21-14(22)11-26-17(21)25/h5-8H,3-4,9-11H2,1-2H3,(H,18,23)(H,19,24). The average Bonchev–Trinajstić information content (AvgIpc) is 2.96. The third-order valence-corrected chi connectivity index (χ3v) is 4.78. The van der Waals surface area contributed by atoms with Crippen molar-refractivity contribution in [3.63, 3.8) is 0 Å². The molecule has 2 rings (SSSR count). The Balaban J connectivity index is 1.80. The summed E-state index contributed by atoms with van der Waals surface area (Å²) >= 11 is 0.929. The summed E-state index contributed by atoms with van der Waals surface area (Å²) in [5.74, 6) is -1.78. The monoisotopic (exact) mass is 378 g/mol. The molecule has 4 amide bonds. The predicted molar refractivity (Wildman–Crippen MR) is 101 cm³/mol. The van der Waals surface area contributed by atoms with Crippen molar-refractivity contribution in [2.24, 2.45) is 0 Å². The van der Waals surface area contributed by atoms with Gasteiger partial charge >= 0.3 is 11.8 Å². The number of imide groups is 1. The first-order valence-corrected chi connectivity index (χ1v) is 9.36. The Labute approximate surface area is 156 Å². The fraction of sp³-hybridized carbons (Fsp3) is 0.412. The fourth-order valence-electron chi connectivity index (χ4n) is 2.49. The second-order valence-electron chi connectivity index (χ2n) is 5.53. The van der Waals surface area contributed by atoms with Crippen LogP contribution in [0.3, 0.4) is 0 Å². The first-order chi connectivity index (χ1) is 12.5. The maximum Gasteiger partial charge on any atom is 0.313 e. The van der Waals surface area contributed by atoms with Gasteiger partial charge < -0.3 is 15.5 Å². The maximum absolute atomic E-state index is 11.9. The highest BCUT2D eigenvalue weighted by Gasteiger charge is 2.29. The molecule has 1 aromatic rings. The third kappa shape index (κ3) is 4.98. The summed E-state index contributed by atoms with van der Waals surface area (Å²) in [6.45, 7) is 5.97. The summed E-state index contributed by atoms with van der Waals surface area (Å²) in [5, 5.41) is 4.59. The Bertz CT molecular complexity index is 673. The van der Waals surface area contributed by atoms with Gasteiger partial charge in [-0.3, -0.25) is 24.1 Å². The molecule has 1 heterocycles. The molecule has 1 aromatic carbocycles. The summed E-state index contributed by atoms with van der Waals surface area (Å²) in [7, 11) is 0. The largest absolute Gasteiger partial charge is 0.372 e. The normalized spacial score (nSPS) is 13.7. The summed E-state index contributed by atoms with van der Waals surface area (Å²) in [6.07, 6.45) is 0. The molecule has 0 saturated carbocycles. The van der Waals surface area contributed by atoms with Crippen molar-refractivity contribution in [3.05, 3.63) is 24.3 Å². The maximum atomic E-state index is 11.9. The Kier molecular flexibility index (Phi) is 7.02. The Morgan fingerprint density at radius 1 is 1.12 bits per heavy atom. The number of nitrogens with zero attached hydrogens (tertiary/aromatic N) is 2. The van der Waals surface area contributed by atoms with Crippen LogP contribution in [0.4, 0.5) is 16.2 Å². The lowest BCUT2D eigenvalue weighted by Gasteiger charge is -2.21. The Morgan fingerprint density at radius 3 is 2.31 bits per heavy atom. The molecule has 1 fully saturated rings. The number of amides is 4. The summed E-state index contributed by atoms with van der Waals surface area (Å²) in [5.41, 5.74) is 1.55. The molecule has 140 valence electrons. The van der Waals surface area contributed by atoms with Crippen molar-refractivity contribution in [1.29, 1.82) is 0 Å². The van der Waals surface area contributed by atoms with E-state index in [1.54, 1.807) is 12.1 Å². The van der Waals surface area contributed by atoms with Gasteiger partial charge in [-0.1, -0.05) is 11.8 Å². The number of anilines is 2. The Hall–Kier alpha value is -2.55. The van der Waals surface area contributed by atoms with Gasteiger partial charge in [0.15, 0.2) is 0 Å².